The van der Waals surface area contributed by atoms with E-state index >= 15 is 0 Å². The lowest BCUT2D eigenvalue weighted by Crippen LogP contribution is -2.47. The lowest BCUT2D eigenvalue weighted by atomic mass is 9.82. The molecule has 4 atom stereocenters. The summed E-state index contributed by atoms with van der Waals surface area (Å²) in [6.07, 6.45) is 2.42. The number of hydrogen-bond donors (Lipinski definition) is 0. The Morgan fingerprint density at radius 2 is 1.59 bits per heavy atom. The third-order valence-electron chi connectivity index (χ3n) is 12.2. The molecule has 0 spiro atoms. The zero-order valence-corrected chi connectivity index (χ0v) is 37.2. The molecule has 3 saturated heterocycles. The Balaban J connectivity index is 1.05. The van der Waals surface area contributed by atoms with Crippen molar-refractivity contribution in [1.82, 2.24) is 19.4 Å². The summed E-state index contributed by atoms with van der Waals surface area (Å²) in [4.78, 5) is 24.4. The number of imidazole rings is 1. The molecule has 2 aromatic heterocycles. The van der Waals surface area contributed by atoms with E-state index in [1.54, 1.807) is 4.90 Å². The van der Waals surface area contributed by atoms with Crippen LogP contribution in [0.4, 0.5) is 4.79 Å². The first-order valence-corrected chi connectivity index (χ1v) is 27.4. The molecule has 1 saturated carbocycles. The monoisotopic (exact) mass is 828 g/mol. The number of nitrogens with zero attached hydrogens (tertiary/aromatic N) is 4. The number of rotatable bonds is 12. The number of carbonyl (C=O) groups excluding carboxylic acids is 1. The normalized spacial score (nSPS) is 26.1. The maximum absolute atomic E-state index is 12.6. The van der Waals surface area contributed by atoms with E-state index in [0.29, 0.717) is 79.9 Å². The van der Waals surface area contributed by atoms with Gasteiger partial charge in [-0.05, 0) is 67.4 Å². The van der Waals surface area contributed by atoms with Crippen molar-refractivity contribution in [2.24, 2.45) is 0 Å². The highest BCUT2D eigenvalue weighted by atomic mass is 35.5. The maximum atomic E-state index is 12.6. The predicted molar refractivity (Wildman–Crippen MR) is 222 cm³/mol. The van der Waals surface area contributed by atoms with Crippen LogP contribution in [-0.4, -0.2) is 119 Å². The molecule has 0 N–H and O–H groups in total. The van der Waals surface area contributed by atoms with Crippen LogP contribution in [0.5, 0.6) is 6.01 Å². The average Bonchev–Trinajstić information content (AvgIpc) is 3.84. The third kappa shape index (κ3) is 9.49. The van der Waals surface area contributed by atoms with Gasteiger partial charge in [-0.25, -0.2) is 9.78 Å². The molecule has 7 rings (SSSR count). The maximum Gasteiger partial charge on any atom is 0.410 e. The highest BCUT2D eigenvalue weighted by Crippen LogP contribution is 2.41. The minimum Gasteiger partial charge on any atom is -0.456 e. The molecule has 56 heavy (non-hydrogen) atoms. The largest absolute Gasteiger partial charge is 0.456 e. The second-order valence-corrected chi connectivity index (χ2v) is 29.4. The number of ether oxygens (including phenoxy) is 6. The van der Waals surface area contributed by atoms with Crippen molar-refractivity contribution in [2.75, 3.05) is 46.1 Å². The average molecular weight is 830 g/mol. The first kappa shape index (κ1) is 41.6. The molecule has 0 bridgehead atoms. The molecule has 3 aliphatic heterocycles. The van der Waals surface area contributed by atoms with Gasteiger partial charge in [-0.2, -0.15) is 4.98 Å². The van der Waals surface area contributed by atoms with Gasteiger partial charge in [0, 0.05) is 33.3 Å². The van der Waals surface area contributed by atoms with Gasteiger partial charge in [0.25, 0.3) is 0 Å². The Kier molecular flexibility index (Phi) is 12.6. The van der Waals surface area contributed by atoms with Gasteiger partial charge in [-0.1, -0.05) is 76.3 Å². The van der Waals surface area contributed by atoms with Crippen LogP contribution in [0, 0.1) is 0 Å². The molecule has 4 fully saturated rings. The van der Waals surface area contributed by atoms with Crippen molar-refractivity contribution in [3.8, 4) is 17.3 Å². The van der Waals surface area contributed by atoms with Crippen LogP contribution in [-0.2, 0) is 34.8 Å². The van der Waals surface area contributed by atoms with Crippen molar-refractivity contribution >= 4 is 45.2 Å². The molecule has 4 aliphatic rings. The van der Waals surface area contributed by atoms with Crippen LogP contribution < -0.4 is 4.74 Å². The van der Waals surface area contributed by atoms with E-state index in [1.807, 2.05) is 10.6 Å². The number of pyridine rings is 1. The number of amides is 1. The molecule has 0 unspecified atom stereocenters. The summed E-state index contributed by atoms with van der Waals surface area (Å²) >= 11 is 6.94. The van der Waals surface area contributed by atoms with Gasteiger partial charge in [0.1, 0.15) is 30.6 Å². The first-order valence-electron chi connectivity index (χ1n) is 20.4. The van der Waals surface area contributed by atoms with Crippen molar-refractivity contribution in [3.05, 3.63) is 40.9 Å². The smallest absolute Gasteiger partial charge is 0.410 e. The Hall–Kier alpha value is -2.57. The van der Waals surface area contributed by atoms with Crippen LogP contribution in [0.2, 0.25) is 48.8 Å². The molecule has 1 amide bonds. The summed E-state index contributed by atoms with van der Waals surface area (Å²) in [5.74, 6) is 0.402. The van der Waals surface area contributed by atoms with Crippen molar-refractivity contribution in [2.45, 2.75) is 133 Å². The van der Waals surface area contributed by atoms with Crippen LogP contribution in [0.15, 0.2) is 30.3 Å². The number of fused-ring (bicyclic) bond motifs is 2. The fourth-order valence-corrected chi connectivity index (χ4v) is 9.98. The summed E-state index contributed by atoms with van der Waals surface area (Å²) in [5, 5.41) is 0.592. The lowest BCUT2D eigenvalue weighted by Gasteiger charge is -2.39. The standard InChI is InChI=1S/C41H61ClN4O8Si2/c1-41(2,3)56(7,8)54-34-25-51-36-33(24-50-37(34)36)53-39-43-32-23-31(42)35(44-38(32)46(39)26-49-21-22-55(4,5)6)29-11-9-27(10-12-29)28-13-15-30(16-14-28)52-40(47)45-17-19-48-20-18-45/h9-12,23,28,30,33-34,36-37H,13-22,24-26H2,1-8H3/t28?,30?,33-,34-,36-,37-/m1/s1. The summed E-state index contributed by atoms with van der Waals surface area (Å²) < 4.78 is 45.4. The zero-order chi connectivity index (χ0) is 39.8. The molecule has 3 aromatic rings. The van der Waals surface area contributed by atoms with Crippen LogP contribution in [0.3, 0.4) is 0 Å². The summed E-state index contributed by atoms with van der Waals surface area (Å²) in [6, 6.07) is 11.8. The third-order valence-corrected chi connectivity index (χ3v) is 18.7. The molecule has 1 aliphatic carbocycles. The predicted octanol–water partition coefficient (Wildman–Crippen LogP) is 8.49. The molecular formula is C41H61ClN4O8Si2. The highest BCUT2D eigenvalue weighted by Gasteiger charge is 2.52. The molecule has 308 valence electrons. The number of morpholine rings is 1. The Labute approximate surface area is 338 Å². The van der Waals surface area contributed by atoms with E-state index in [0.717, 1.165) is 37.3 Å². The molecule has 15 heteroatoms. The van der Waals surface area contributed by atoms with Gasteiger partial charge in [0.05, 0.1) is 43.2 Å². The van der Waals surface area contributed by atoms with Gasteiger partial charge in [-0.3, -0.25) is 4.57 Å². The molecular weight excluding hydrogens is 768 g/mol. The number of aromatic nitrogens is 3. The number of benzene rings is 1. The van der Waals surface area contributed by atoms with Crippen molar-refractivity contribution in [3.63, 3.8) is 0 Å². The molecule has 1 aromatic carbocycles. The zero-order valence-electron chi connectivity index (χ0n) is 34.5. The number of halogens is 1. The minimum atomic E-state index is -2.02. The highest BCUT2D eigenvalue weighted by molar-refractivity contribution is 6.76. The van der Waals surface area contributed by atoms with Crippen molar-refractivity contribution < 1.29 is 37.6 Å². The van der Waals surface area contributed by atoms with E-state index < -0.39 is 16.4 Å². The Morgan fingerprint density at radius 3 is 2.25 bits per heavy atom. The van der Waals surface area contributed by atoms with E-state index in [9.17, 15) is 4.79 Å². The Morgan fingerprint density at radius 1 is 0.929 bits per heavy atom. The minimum absolute atomic E-state index is 0.0413. The van der Waals surface area contributed by atoms with Crippen molar-refractivity contribution in [1.29, 1.82) is 0 Å². The van der Waals surface area contributed by atoms with E-state index in [-0.39, 0.29) is 48.4 Å². The Bertz CT molecular complexity index is 1820. The quantitative estimate of drug-likeness (QED) is 0.130. The van der Waals surface area contributed by atoms with Gasteiger partial charge < -0.3 is 37.7 Å². The second kappa shape index (κ2) is 17.0. The van der Waals surface area contributed by atoms with Crippen LogP contribution >= 0.6 is 11.6 Å². The van der Waals surface area contributed by atoms with Crippen LogP contribution in [0.1, 0.15) is 57.9 Å². The van der Waals surface area contributed by atoms with E-state index in [2.05, 4.69) is 77.8 Å². The molecule has 5 heterocycles. The molecule has 12 nitrogen and oxygen atoms in total. The van der Waals surface area contributed by atoms with Gasteiger partial charge in [0.2, 0.25) is 0 Å². The fraction of sp³-hybridized carbons (Fsp3) is 0.683. The summed E-state index contributed by atoms with van der Waals surface area (Å²) in [5.41, 5.74) is 4.13. The van der Waals surface area contributed by atoms with Gasteiger partial charge in [0.15, 0.2) is 20.1 Å². The second-order valence-electron chi connectivity index (χ2n) is 18.6. The van der Waals surface area contributed by atoms with E-state index in [1.165, 1.54) is 5.56 Å². The van der Waals surface area contributed by atoms with E-state index in [4.69, 9.17) is 54.4 Å². The number of carbonyl (C=O) groups is 1. The lowest BCUT2D eigenvalue weighted by molar-refractivity contribution is 0.00445. The number of hydrogen-bond acceptors (Lipinski definition) is 10. The van der Waals surface area contributed by atoms with Gasteiger partial charge in [-0.15, -0.1) is 0 Å². The summed E-state index contributed by atoms with van der Waals surface area (Å²) in [7, 11) is -3.33. The fourth-order valence-electron chi connectivity index (χ4n) is 7.66. The van der Waals surface area contributed by atoms with Gasteiger partial charge >= 0.3 is 12.1 Å². The summed E-state index contributed by atoms with van der Waals surface area (Å²) in [6.45, 7) is 22.3. The van der Waals surface area contributed by atoms with Crippen LogP contribution in [0.25, 0.3) is 22.4 Å². The topological polar surface area (TPSA) is 116 Å². The molecule has 0 radical (unpaired) electrons. The first-order chi connectivity index (χ1) is 26.6. The SMILES string of the molecule is CC(C)(C)[Si](C)(C)O[C@@H]1CO[C@H]2[C@@H]1OC[C@H]2Oc1nc2cc(Cl)c(-c3ccc(C4CCC(OC(=O)N5CCOCC5)CC4)cc3)nc2n1COCC[Si](C)(C)C.